The first-order valence-electron chi connectivity index (χ1n) is 3.55. The van der Waals surface area contributed by atoms with Crippen LogP contribution in [0.1, 0.15) is 11.1 Å². The number of nitrogens with zero attached hydrogens (tertiary/aromatic N) is 1. The lowest BCUT2D eigenvalue weighted by Gasteiger charge is -1.99. The fraction of sp³-hybridized carbons (Fsp3) is 0.375. The molecule has 2 heteroatoms. The van der Waals surface area contributed by atoms with E-state index in [0.717, 1.165) is 13.0 Å². The Morgan fingerprint density at radius 2 is 2.40 bits per heavy atom. The molecule has 2 heterocycles. The van der Waals surface area contributed by atoms with Gasteiger partial charge in [0.05, 0.1) is 11.9 Å². The van der Waals surface area contributed by atoms with Crippen LogP contribution < -0.4 is 5.32 Å². The highest BCUT2D eigenvalue weighted by Gasteiger charge is 2.10. The zero-order valence-corrected chi connectivity index (χ0v) is 6.02. The molecule has 1 aliphatic heterocycles. The number of rotatable bonds is 0. The van der Waals surface area contributed by atoms with Gasteiger partial charge in [0.25, 0.3) is 0 Å². The first kappa shape index (κ1) is 5.71. The summed E-state index contributed by atoms with van der Waals surface area (Å²) in [4.78, 5) is 4.09. The maximum atomic E-state index is 4.09. The van der Waals surface area contributed by atoms with Crippen LogP contribution in [0, 0.1) is 6.92 Å². The summed E-state index contributed by atoms with van der Waals surface area (Å²) >= 11 is 0. The van der Waals surface area contributed by atoms with E-state index in [4.69, 9.17) is 0 Å². The summed E-state index contributed by atoms with van der Waals surface area (Å²) < 4.78 is 0. The van der Waals surface area contributed by atoms with Crippen molar-refractivity contribution in [3.05, 3.63) is 23.5 Å². The first-order valence-corrected chi connectivity index (χ1v) is 3.55. The quantitative estimate of drug-likeness (QED) is 0.579. The van der Waals surface area contributed by atoms with Gasteiger partial charge in [-0.25, -0.2) is 0 Å². The third-order valence-corrected chi connectivity index (χ3v) is 1.96. The molecule has 0 aromatic carbocycles. The Hall–Kier alpha value is -1.05. The summed E-state index contributed by atoms with van der Waals surface area (Å²) in [7, 11) is 0. The Bertz CT molecular complexity index is 255. The second kappa shape index (κ2) is 1.97. The van der Waals surface area contributed by atoms with Crippen molar-refractivity contribution in [2.75, 3.05) is 11.9 Å². The van der Waals surface area contributed by atoms with Crippen LogP contribution >= 0.6 is 0 Å². The van der Waals surface area contributed by atoms with Gasteiger partial charge in [-0.05, 0) is 24.5 Å². The molecular weight excluding hydrogens is 124 g/mol. The predicted molar refractivity (Wildman–Crippen MR) is 41.2 cm³/mol. The fourth-order valence-corrected chi connectivity index (χ4v) is 1.40. The molecule has 0 unspecified atom stereocenters. The van der Waals surface area contributed by atoms with Crippen molar-refractivity contribution in [3.8, 4) is 0 Å². The molecule has 0 atom stereocenters. The SMILES string of the molecule is Cc1cncc2c1CCN2. The lowest BCUT2D eigenvalue weighted by Crippen LogP contribution is -1.90. The van der Waals surface area contributed by atoms with E-state index in [-0.39, 0.29) is 0 Å². The molecule has 2 nitrogen and oxygen atoms in total. The average Bonchev–Trinajstić information content (AvgIpc) is 2.36. The Balaban J connectivity index is 2.59. The molecule has 52 valence electrons. The predicted octanol–water partition coefficient (Wildman–Crippen LogP) is 1.36. The summed E-state index contributed by atoms with van der Waals surface area (Å²) in [6.07, 6.45) is 4.98. The number of nitrogens with one attached hydrogen (secondary N) is 1. The molecule has 0 fully saturated rings. The highest BCUT2D eigenvalue weighted by atomic mass is 14.9. The number of hydrogen-bond acceptors (Lipinski definition) is 2. The Morgan fingerprint density at radius 3 is 3.20 bits per heavy atom. The van der Waals surface area contributed by atoms with Crippen molar-refractivity contribution in [1.82, 2.24) is 4.98 Å². The van der Waals surface area contributed by atoms with Crippen molar-refractivity contribution in [3.63, 3.8) is 0 Å². The highest BCUT2D eigenvalue weighted by Crippen LogP contribution is 2.22. The zero-order chi connectivity index (χ0) is 6.97. The van der Waals surface area contributed by atoms with Gasteiger partial charge in [0.1, 0.15) is 0 Å². The van der Waals surface area contributed by atoms with Crippen LogP contribution in [0.4, 0.5) is 5.69 Å². The minimum atomic E-state index is 1.07. The van der Waals surface area contributed by atoms with Crippen LogP contribution in [0.2, 0.25) is 0 Å². The van der Waals surface area contributed by atoms with Crippen LogP contribution in [0.5, 0.6) is 0 Å². The Labute approximate surface area is 60.3 Å². The molecule has 0 spiro atoms. The van der Waals surface area contributed by atoms with E-state index in [9.17, 15) is 0 Å². The van der Waals surface area contributed by atoms with Crippen molar-refractivity contribution in [1.29, 1.82) is 0 Å². The normalized spacial score (nSPS) is 14.5. The molecule has 0 aliphatic carbocycles. The number of aromatic nitrogens is 1. The third kappa shape index (κ3) is 0.685. The fourth-order valence-electron chi connectivity index (χ4n) is 1.40. The molecular formula is C8H10N2. The van der Waals surface area contributed by atoms with E-state index in [1.165, 1.54) is 16.8 Å². The first-order chi connectivity index (χ1) is 4.88. The number of pyridine rings is 1. The molecule has 0 saturated heterocycles. The highest BCUT2D eigenvalue weighted by molar-refractivity contribution is 5.56. The summed E-state index contributed by atoms with van der Waals surface area (Å²) in [6.45, 7) is 3.18. The summed E-state index contributed by atoms with van der Waals surface area (Å²) in [6, 6.07) is 0. The monoisotopic (exact) mass is 134 g/mol. The molecule has 10 heavy (non-hydrogen) atoms. The molecule has 0 amide bonds. The lowest BCUT2D eigenvalue weighted by molar-refractivity contribution is 1.09. The van der Waals surface area contributed by atoms with Gasteiger partial charge in [-0.2, -0.15) is 0 Å². The van der Waals surface area contributed by atoms with E-state index in [1.807, 2.05) is 12.4 Å². The molecule has 1 N–H and O–H groups in total. The minimum absolute atomic E-state index is 1.07. The van der Waals surface area contributed by atoms with E-state index in [2.05, 4.69) is 17.2 Å². The largest absolute Gasteiger partial charge is 0.383 e. The average molecular weight is 134 g/mol. The van der Waals surface area contributed by atoms with Crippen LogP contribution in [0.25, 0.3) is 0 Å². The molecule has 1 aromatic rings. The standard InChI is InChI=1S/C8H10N2/c1-6-4-9-5-8-7(6)2-3-10-8/h4-5,10H,2-3H2,1H3. The zero-order valence-electron chi connectivity index (χ0n) is 6.02. The third-order valence-electron chi connectivity index (χ3n) is 1.96. The topological polar surface area (TPSA) is 24.9 Å². The van der Waals surface area contributed by atoms with Gasteiger partial charge in [0.15, 0.2) is 0 Å². The van der Waals surface area contributed by atoms with Crippen LogP contribution in [0.15, 0.2) is 12.4 Å². The van der Waals surface area contributed by atoms with E-state index in [0.29, 0.717) is 0 Å². The lowest BCUT2D eigenvalue weighted by atomic mass is 10.1. The molecule has 0 saturated carbocycles. The second-order valence-electron chi connectivity index (χ2n) is 2.66. The molecule has 1 aliphatic rings. The van der Waals surface area contributed by atoms with Crippen molar-refractivity contribution in [2.24, 2.45) is 0 Å². The molecule has 2 rings (SSSR count). The van der Waals surface area contributed by atoms with E-state index < -0.39 is 0 Å². The Morgan fingerprint density at radius 1 is 1.50 bits per heavy atom. The Kier molecular flexibility index (Phi) is 1.13. The number of hydrogen-bond donors (Lipinski definition) is 1. The molecule has 1 aromatic heterocycles. The van der Waals surface area contributed by atoms with Gasteiger partial charge >= 0.3 is 0 Å². The summed E-state index contributed by atoms with van der Waals surface area (Å²) in [5, 5.41) is 3.28. The number of fused-ring (bicyclic) bond motifs is 1. The molecule has 0 radical (unpaired) electrons. The van der Waals surface area contributed by atoms with Crippen LogP contribution in [0.3, 0.4) is 0 Å². The van der Waals surface area contributed by atoms with Gasteiger partial charge in [-0.15, -0.1) is 0 Å². The minimum Gasteiger partial charge on any atom is -0.383 e. The smallest absolute Gasteiger partial charge is 0.0562 e. The van der Waals surface area contributed by atoms with Crippen molar-refractivity contribution >= 4 is 5.69 Å². The van der Waals surface area contributed by atoms with Gasteiger partial charge in [0.2, 0.25) is 0 Å². The van der Waals surface area contributed by atoms with Crippen molar-refractivity contribution in [2.45, 2.75) is 13.3 Å². The van der Waals surface area contributed by atoms with Crippen LogP contribution in [-0.4, -0.2) is 11.5 Å². The van der Waals surface area contributed by atoms with Crippen molar-refractivity contribution < 1.29 is 0 Å². The molecule has 0 bridgehead atoms. The number of aryl methyl sites for hydroxylation is 1. The van der Waals surface area contributed by atoms with Gasteiger partial charge in [0, 0.05) is 12.7 Å². The van der Waals surface area contributed by atoms with Gasteiger partial charge in [-0.3, -0.25) is 4.98 Å². The van der Waals surface area contributed by atoms with Crippen LogP contribution in [-0.2, 0) is 6.42 Å². The van der Waals surface area contributed by atoms with E-state index >= 15 is 0 Å². The summed E-state index contributed by atoms with van der Waals surface area (Å²) in [5.41, 5.74) is 3.97. The second-order valence-corrected chi connectivity index (χ2v) is 2.66. The number of anilines is 1. The van der Waals surface area contributed by atoms with Gasteiger partial charge in [-0.1, -0.05) is 0 Å². The maximum Gasteiger partial charge on any atom is 0.0562 e. The van der Waals surface area contributed by atoms with E-state index in [1.54, 1.807) is 0 Å². The maximum absolute atomic E-state index is 4.09. The van der Waals surface area contributed by atoms with Gasteiger partial charge < -0.3 is 5.32 Å². The summed E-state index contributed by atoms with van der Waals surface area (Å²) in [5.74, 6) is 0.